The molecule has 4 heteroatoms. The van der Waals surface area contributed by atoms with E-state index in [-0.39, 0.29) is 0 Å². The molecule has 2 aliphatic carbocycles. The predicted molar refractivity (Wildman–Crippen MR) is 207 cm³/mol. The van der Waals surface area contributed by atoms with Crippen molar-refractivity contribution in [3.05, 3.63) is 130 Å². The van der Waals surface area contributed by atoms with E-state index in [2.05, 4.69) is 102 Å². The van der Waals surface area contributed by atoms with Crippen molar-refractivity contribution in [3.8, 4) is 0 Å². The molecule has 5 aromatic carbocycles. The number of fused-ring (bicyclic) bond motifs is 5. The molecule has 0 spiro atoms. The molecule has 6 aromatic rings. The van der Waals surface area contributed by atoms with Crippen LogP contribution in [0.3, 0.4) is 0 Å². The van der Waals surface area contributed by atoms with Gasteiger partial charge in [0.1, 0.15) is 11.2 Å². The van der Waals surface area contributed by atoms with Crippen molar-refractivity contribution >= 4 is 73.5 Å². The number of amidine groups is 2. The van der Waals surface area contributed by atoms with Crippen molar-refractivity contribution in [2.75, 3.05) is 7.05 Å². The zero-order valence-corrected chi connectivity index (χ0v) is 28.0. The van der Waals surface area contributed by atoms with Gasteiger partial charge in [-0.25, -0.2) is 9.98 Å². The number of benzene rings is 5. The molecule has 8 rings (SSSR count). The van der Waals surface area contributed by atoms with Crippen molar-refractivity contribution < 1.29 is 4.42 Å². The van der Waals surface area contributed by atoms with Gasteiger partial charge in [0, 0.05) is 40.6 Å². The third-order valence-electron chi connectivity index (χ3n) is 9.10. The van der Waals surface area contributed by atoms with Gasteiger partial charge in [0.15, 0.2) is 11.7 Å². The SMILES string of the molecule is CC.CN=C(N=C(N=Cc1ccccc1)c1cccc2cc3c4/c(c5cccc6oc(c12)c3c65)=C\C=CCC\C=4)C1=C/CCCC/C=C\1. The summed E-state index contributed by atoms with van der Waals surface area (Å²) in [7, 11) is 1.81. The summed E-state index contributed by atoms with van der Waals surface area (Å²) in [6.45, 7) is 4.00. The average molecular weight is 628 g/mol. The van der Waals surface area contributed by atoms with E-state index in [4.69, 9.17) is 14.4 Å². The molecule has 48 heavy (non-hydrogen) atoms. The maximum Gasteiger partial charge on any atom is 0.162 e. The number of rotatable bonds is 3. The summed E-state index contributed by atoms with van der Waals surface area (Å²) < 4.78 is 6.84. The van der Waals surface area contributed by atoms with Gasteiger partial charge in [-0.05, 0) is 82.8 Å². The first kappa shape index (κ1) is 31.3. The van der Waals surface area contributed by atoms with Crippen LogP contribution >= 0.6 is 0 Å². The Morgan fingerprint density at radius 1 is 0.729 bits per heavy atom. The molecule has 1 aromatic heterocycles. The Labute approximate surface area is 282 Å². The minimum Gasteiger partial charge on any atom is -0.455 e. The minimum atomic E-state index is 0.606. The van der Waals surface area contributed by atoms with E-state index in [1.165, 1.54) is 38.4 Å². The van der Waals surface area contributed by atoms with Crippen LogP contribution in [0, 0.1) is 0 Å². The lowest BCUT2D eigenvalue weighted by molar-refractivity contribution is 0.673. The van der Waals surface area contributed by atoms with Gasteiger partial charge in [0.05, 0.1) is 0 Å². The Bertz CT molecular complexity index is 2420. The molecule has 238 valence electrons. The Kier molecular flexibility index (Phi) is 9.24. The minimum absolute atomic E-state index is 0.606. The summed E-state index contributed by atoms with van der Waals surface area (Å²) in [4.78, 5) is 14.9. The van der Waals surface area contributed by atoms with Crippen molar-refractivity contribution in [3.63, 3.8) is 0 Å². The molecule has 0 saturated heterocycles. The molecular formula is C44H41N3O. The highest BCUT2D eigenvalue weighted by molar-refractivity contribution is 6.31. The molecule has 0 amide bonds. The lowest BCUT2D eigenvalue weighted by Gasteiger charge is -2.12. The standard InChI is InChI=1S/C42H35N3O.C2H6/c1-43-41(29-18-10-3-2-4-11-19-29)45-42(44-27-28-16-8-7-9-17-28)34-24-14-20-30-26-35-32-22-13-6-5-12-21-31(32)33-23-15-25-36-38(33)39(35)40(46-36)37(30)34;1-2/h5,7-10,12,14-27H,2-4,6,11,13H2,1H3;1-2H3/b12-5?,18-10-,29-19+,31-21+,32-22+,43-41?,44-27?,45-42?;. The first-order valence-electron chi connectivity index (χ1n) is 17.3. The quantitative estimate of drug-likeness (QED) is 0.0834. The molecule has 0 radical (unpaired) electrons. The molecule has 0 atom stereocenters. The number of hydrogen-bond donors (Lipinski definition) is 0. The Morgan fingerprint density at radius 3 is 2.46 bits per heavy atom. The fourth-order valence-corrected chi connectivity index (χ4v) is 6.94. The van der Waals surface area contributed by atoms with Gasteiger partial charge in [-0.1, -0.05) is 117 Å². The molecule has 0 bridgehead atoms. The highest BCUT2D eigenvalue weighted by Crippen LogP contribution is 2.40. The molecule has 0 aliphatic heterocycles. The van der Waals surface area contributed by atoms with E-state index < -0.39 is 0 Å². The van der Waals surface area contributed by atoms with Gasteiger partial charge in [-0.15, -0.1) is 0 Å². The van der Waals surface area contributed by atoms with Gasteiger partial charge < -0.3 is 4.42 Å². The Balaban J connectivity index is 0.00000179. The summed E-state index contributed by atoms with van der Waals surface area (Å²) in [5, 5.41) is 9.44. The van der Waals surface area contributed by atoms with Crippen LogP contribution in [0.5, 0.6) is 0 Å². The number of nitrogens with zero attached hydrogens (tertiary/aromatic N) is 3. The van der Waals surface area contributed by atoms with E-state index in [1.807, 2.05) is 45.3 Å². The zero-order valence-electron chi connectivity index (χ0n) is 28.0. The Hall–Kier alpha value is -5.35. The van der Waals surface area contributed by atoms with E-state index in [1.54, 1.807) is 0 Å². The third kappa shape index (κ3) is 5.84. The molecule has 1 heterocycles. The zero-order chi connectivity index (χ0) is 32.9. The average Bonchev–Trinajstić information content (AvgIpc) is 3.50. The number of hydrogen-bond acceptors (Lipinski definition) is 2. The van der Waals surface area contributed by atoms with Crippen LogP contribution in [0.2, 0.25) is 0 Å². The second kappa shape index (κ2) is 14.2. The normalized spacial score (nSPS) is 18.9. The molecule has 0 N–H and O–H groups in total. The molecule has 0 fully saturated rings. The maximum atomic E-state index is 6.84. The largest absolute Gasteiger partial charge is 0.455 e. The summed E-state index contributed by atoms with van der Waals surface area (Å²) in [6, 6.07) is 25.3. The van der Waals surface area contributed by atoms with Crippen LogP contribution in [0.25, 0.3) is 55.6 Å². The molecule has 2 aliphatic rings. The van der Waals surface area contributed by atoms with Crippen LogP contribution in [-0.4, -0.2) is 24.9 Å². The van der Waals surface area contributed by atoms with Crippen LogP contribution < -0.4 is 10.4 Å². The fraction of sp³-hybridized carbons (Fsp3) is 0.205. The third-order valence-corrected chi connectivity index (χ3v) is 9.10. The van der Waals surface area contributed by atoms with Gasteiger partial charge in [-0.3, -0.25) is 4.99 Å². The maximum absolute atomic E-state index is 6.84. The van der Waals surface area contributed by atoms with E-state index in [0.717, 1.165) is 70.7 Å². The molecule has 0 saturated carbocycles. The van der Waals surface area contributed by atoms with E-state index in [9.17, 15) is 0 Å². The summed E-state index contributed by atoms with van der Waals surface area (Å²) in [6.07, 6.45) is 24.1. The van der Waals surface area contributed by atoms with E-state index in [0.29, 0.717) is 11.7 Å². The summed E-state index contributed by atoms with van der Waals surface area (Å²) >= 11 is 0. The van der Waals surface area contributed by atoms with Crippen LogP contribution in [0.1, 0.15) is 63.5 Å². The van der Waals surface area contributed by atoms with Crippen molar-refractivity contribution in [2.24, 2.45) is 15.0 Å². The highest BCUT2D eigenvalue weighted by atomic mass is 16.3. The number of furan rings is 1. The summed E-state index contributed by atoms with van der Waals surface area (Å²) in [5.74, 6) is 1.29. The van der Waals surface area contributed by atoms with Gasteiger partial charge in [0.25, 0.3) is 0 Å². The van der Waals surface area contributed by atoms with Crippen LogP contribution in [0.4, 0.5) is 0 Å². The lowest BCUT2D eigenvalue weighted by Crippen LogP contribution is -2.26. The summed E-state index contributed by atoms with van der Waals surface area (Å²) in [5.41, 5.74) is 4.74. The van der Waals surface area contributed by atoms with Gasteiger partial charge >= 0.3 is 0 Å². The second-order valence-corrected chi connectivity index (χ2v) is 12.0. The molecule has 4 nitrogen and oxygen atoms in total. The topological polar surface area (TPSA) is 50.2 Å². The fourth-order valence-electron chi connectivity index (χ4n) is 6.94. The smallest absolute Gasteiger partial charge is 0.162 e. The van der Waals surface area contributed by atoms with Crippen molar-refractivity contribution in [2.45, 2.75) is 52.4 Å². The molecule has 0 unspecified atom stereocenters. The number of allylic oxidation sites excluding steroid dienone is 4. The van der Waals surface area contributed by atoms with Gasteiger partial charge in [-0.2, -0.15) is 0 Å². The Morgan fingerprint density at radius 2 is 1.58 bits per heavy atom. The lowest BCUT2D eigenvalue weighted by atomic mass is 9.92. The molecular weight excluding hydrogens is 587 g/mol. The first-order chi connectivity index (χ1) is 23.8. The predicted octanol–water partition coefficient (Wildman–Crippen LogP) is 10.2. The first-order valence-corrected chi connectivity index (χ1v) is 17.3. The second-order valence-electron chi connectivity index (χ2n) is 12.0. The van der Waals surface area contributed by atoms with Crippen molar-refractivity contribution in [1.82, 2.24) is 0 Å². The monoisotopic (exact) mass is 627 g/mol. The van der Waals surface area contributed by atoms with Crippen LogP contribution in [0.15, 0.2) is 128 Å². The number of aliphatic imine (C=N–C) groups is 3. The van der Waals surface area contributed by atoms with E-state index >= 15 is 0 Å². The van der Waals surface area contributed by atoms with Crippen LogP contribution in [-0.2, 0) is 0 Å². The van der Waals surface area contributed by atoms with Gasteiger partial charge in [0.2, 0.25) is 0 Å². The highest BCUT2D eigenvalue weighted by Gasteiger charge is 2.21. The van der Waals surface area contributed by atoms with Crippen molar-refractivity contribution in [1.29, 1.82) is 0 Å².